The van der Waals surface area contributed by atoms with Gasteiger partial charge >= 0.3 is 0 Å². The zero-order chi connectivity index (χ0) is 11.4. The van der Waals surface area contributed by atoms with Crippen molar-refractivity contribution in [3.63, 3.8) is 0 Å². The third-order valence-electron chi connectivity index (χ3n) is 4.40. The van der Waals surface area contributed by atoms with Gasteiger partial charge in [-0.2, -0.15) is 0 Å². The van der Waals surface area contributed by atoms with E-state index in [1.807, 2.05) is 0 Å². The molecule has 2 unspecified atom stereocenters. The van der Waals surface area contributed by atoms with Crippen molar-refractivity contribution in [3.8, 4) is 0 Å². The van der Waals surface area contributed by atoms with Gasteiger partial charge in [0, 0.05) is 31.8 Å². The highest BCUT2D eigenvalue weighted by Gasteiger charge is 2.42. The summed E-state index contributed by atoms with van der Waals surface area (Å²) in [5, 5.41) is 3.36. The molecule has 2 saturated heterocycles. The second-order valence-corrected chi connectivity index (χ2v) is 5.42. The first-order valence-electron chi connectivity index (χ1n) is 6.61. The Morgan fingerprint density at radius 1 is 1.25 bits per heavy atom. The smallest absolute Gasteiger partial charge is 0.0616 e. The molecule has 0 radical (unpaired) electrons. The lowest BCUT2D eigenvalue weighted by molar-refractivity contribution is 0.0185. The van der Waals surface area contributed by atoms with Gasteiger partial charge in [-0.05, 0) is 45.6 Å². The summed E-state index contributed by atoms with van der Waals surface area (Å²) in [6.07, 6.45) is 5.39. The van der Waals surface area contributed by atoms with Crippen molar-refractivity contribution in [3.05, 3.63) is 0 Å². The normalized spacial score (nSPS) is 36.8. The van der Waals surface area contributed by atoms with E-state index in [0.717, 1.165) is 32.3 Å². The van der Waals surface area contributed by atoms with Crippen LogP contribution < -0.4 is 5.32 Å². The van der Waals surface area contributed by atoms with Crippen LogP contribution in [0.3, 0.4) is 0 Å². The molecule has 2 fully saturated rings. The van der Waals surface area contributed by atoms with E-state index in [1.165, 1.54) is 25.7 Å². The Hall–Kier alpha value is -0.120. The SMILES string of the molecule is CNCC1(CC2CCOCC2)CCOC1C. The Morgan fingerprint density at radius 3 is 2.56 bits per heavy atom. The molecule has 0 aromatic carbocycles. The van der Waals surface area contributed by atoms with Gasteiger partial charge in [-0.15, -0.1) is 0 Å². The maximum absolute atomic E-state index is 5.79. The number of rotatable bonds is 4. The molecule has 0 saturated carbocycles. The standard InChI is InChI=1S/C13H25NO2/c1-11-13(10-14-2,5-8-16-11)9-12-3-6-15-7-4-12/h11-12,14H,3-10H2,1-2H3. The number of hydrogen-bond acceptors (Lipinski definition) is 3. The van der Waals surface area contributed by atoms with Gasteiger partial charge < -0.3 is 14.8 Å². The first kappa shape index (κ1) is 12.3. The molecule has 3 nitrogen and oxygen atoms in total. The maximum atomic E-state index is 5.79. The number of ether oxygens (including phenoxy) is 2. The fourth-order valence-corrected chi connectivity index (χ4v) is 3.27. The minimum atomic E-state index is 0.372. The highest BCUT2D eigenvalue weighted by atomic mass is 16.5. The van der Waals surface area contributed by atoms with Crippen molar-refractivity contribution in [2.24, 2.45) is 11.3 Å². The van der Waals surface area contributed by atoms with E-state index in [9.17, 15) is 0 Å². The molecule has 16 heavy (non-hydrogen) atoms. The van der Waals surface area contributed by atoms with E-state index in [-0.39, 0.29) is 0 Å². The lowest BCUT2D eigenvalue weighted by Crippen LogP contribution is -2.40. The highest BCUT2D eigenvalue weighted by Crippen LogP contribution is 2.42. The van der Waals surface area contributed by atoms with Crippen molar-refractivity contribution in [1.82, 2.24) is 5.32 Å². The Kier molecular flexibility index (Phi) is 4.22. The largest absolute Gasteiger partial charge is 0.381 e. The van der Waals surface area contributed by atoms with Crippen molar-refractivity contribution < 1.29 is 9.47 Å². The summed E-state index contributed by atoms with van der Waals surface area (Å²) in [6.45, 7) is 6.17. The van der Waals surface area contributed by atoms with Crippen LogP contribution in [0, 0.1) is 11.3 Å². The van der Waals surface area contributed by atoms with Crippen LogP contribution >= 0.6 is 0 Å². The summed E-state index contributed by atoms with van der Waals surface area (Å²) >= 11 is 0. The van der Waals surface area contributed by atoms with E-state index in [1.54, 1.807) is 0 Å². The minimum Gasteiger partial charge on any atom is -0.381 e. The lowest BCUT2D eigenvalue weighted by Gasteiger charge is -2.36. The second kappa shape index (κ2) is 5.48. The Bertz CT molecular complexity index is 216. The predicted molar refractivity (Wildman–Crippen MR) is 64.6 cm³/mol. The molecule has 1 N–H and O–H groups in total. The van der Waals surface area contributed by atoms with Gasteiger partial charge in [0.1, 0.15) is 0 Å². The predicted octanol–water partition coefficient (Wildman–Crippen LogP) is 1.82. The summed E-state index contributed by atoms with van der Waals surface area (Å²) in [6, 6.07) is 0. The van der Waals surface area contributed by atoms with E-state index in [4.69, 9.17) is 9.47 Å². The minimum absolute atomic E-state index is 0.372. The summed E-state index contributed by atoms with van der Waals surface area (Å²) < 4.78 is 11.2. The highest BCUT2D eigenvalue weighted by molar-refractivity contribution is 4.93. The van der Waals surface area contributed by atoms with Crippen LogP contribution in [0.2, 0.25) is 0 Å². The average Bonchev–Trinajstić information content (AvgIpc) is 2.62. The first-order chi connectivity index (χ1) is 7.77. The lowest BCUT2D eigenvalue weighted by atomic mass is 9.72. The molecule has 2 atom stereocenters. The molecule has 94 valence electrons. The Morgan fingerprint density at radius 2 is 2.00 bits per heavy atom. The van der Waals surface area contributed by atoms with Gasteiger partial charge in [0.25, 0.3) is 0 Å². The van der Waals surface area contributed by atoms with Crippen LogP contribution in [0.1, 0.15) is 32.6 Å². The molecule has 0 aromatic heterocycles. The molecule has 2 heterocycles. The molecule has 0 aromatic rings. The van der Waals surface area contributed by atoms with Gasteiger partial charge in [-0.25, -0.2) is 0 Å². The molecule has 2 aliphatic rings. The van der Waals surface area contributed by atoms with E-state index in [0.29, 0.717) is 11.5 Å². The average molecular weight is 227 g/mol. The van der Waals surface area contributed by atoms with Crippen molar-refractivity contribution in [2.45, 2.75) is 38.7 Å². The van der Waals surface area contributed by atoms with Crippen LogP contribution in [0.25, 0.3) is 0 Å². The maximum Gasteiger partial charge on any atom is 0.0616 e. The number of hydrogen-bond donors (Lipinski definition) is 1. The fraction of sp³-hybridized carbons (Fsp3) is 1.00. The van der Waals surface area contributed by atoms with Gasteiger partial charge in [-0.3, -0.25) is 0 Å². The monoisotopic (exact) mass is 227 g/mol. The molecular formula is C13H25NO2. The fourth-order valence-electron chi connectivity index (χ4n) is 3.27. The Labute approximate surface area is 98.9 Å². The molecule has 2 aliphatic heterocycles. The zero-order valence-corrected chi connectivity index (χ0v) is 10.6. The van der Waals surface area contributed by atoms with Crippen molar-refractivity contribution in [1.29, 1.82) is 0 Å². The molecule has 0 spiro atoms. The summed E-state index contributed by atoms with van der Waals surface area (Å²) in [7, 11) is 2.05. The summed E-state index contributed by atoms with van der Waals surface area (Å²) in [5.41, 5.74) is 0.372. The quantitative estimate of drug-likeness (QED) is 0.794. The van der Waals surface area contributed by atoms with Crippen molar-refractivity contribution >= 4 is 0 Å². The van der Waals surface area contributed by atoms with E-state index >= 15 is 0 Å². The van der Waals surface area contributed by atoms with E-state index in [2.05, 4.69) is 19.3 Å². The third-order valence-corrected chi connectivity index (χ3v) is 4.40. The van der Waals surface area contributed by atoms with Crippen LogP contribution in [0.4, 0.5) is 0 Å². The summed E-state index contributed by atoms with van der Waals surface area (Å²) in [5.74, 6) is 0.839. The van der Waals surface area contributed by atoms with Gasteiger partial charge in [-0.1, -0.05) is 0 Å². The zero-order valence-electron chi connectivity index (χ0n) is 10.6. The molecule has 0 bridgehead atoms. The van der Waals surface area contributed by atoms with Gasteiger partial charge in [0.05, 0.1) is 6.10 Å². The summed E-state index contributed by atoms with van der Waals surface area (Å²) in [4.78, 5) is 0. The van der Waals surface area contributed by atoms with Gasteiger partial charge in [0.15, 0.2) is 0 Å². The molecule has 3 heteroatoms. The van der Waals surface area contributed by atoms with Crippen LogP contribution in [-0.4, -0.2) is 39.5 Å². The number of nitrogens with one attached hydrogen (secondary N) is 1. The molecular weight excluding hydrogens is 202 g/mol. The topological polar surface area (TPSA) is 30.5 Å². The molecule has 0 amide bonds. The van der Waals surface area contributed by atoms with Crippen molar-refractivity contribution in [2.75, 3.05) is 33.4 Å². The Balaban J connectivity index is 1.95. The van der Waals surface area contributed by atoms with Crippen LogP contribution in [0.15, 0.2) is 0 Å². The van der Waals surface area contributed by atoms with Crippen LogP contribution in [0.5, 0.6) is 0 Å². The second-order valence-electron chi connectivity index (χ2n) is 5.42. The molecule has 2 rings (SSSR count). The van der Waals surface area contributed by atoms with Crippen LogP contribution in [-0.2, 0) is 9.47 Å². The molecule has 0 aliphatic carbocycles. The van der Waals surface area contributed by atoms with E-state index < -0.39 is 0 Å². The third kappa shape index (κ3) is 2.58. The first-order valence-corrected chi connectivity index (χ1v) is 6.61. The van der Waals surface area contributed by atoms with Gasteiger partial charge in [0.2, 0.25) is 0 Å².